The molecule has 0 radical (unpaired) electrons. The van der Waals surface area contributed by atoms with E-state index in [-0.39, 0.29) is 26.1 Å². The van der Waals surface area contributed by atoms with E-state index in [2.05, 4.69) is 0 Å². The number of aliphatic carboxylic acids is 2. The molecule has 0 amide bonds. The normalized spacial score (nSPS) is 8.93. The van der Waals surface area contributed by atoms with Crippen LogP contribution in [0.4, 0.5) is 0 Å². The average molecular weight is 222 g/mol. The molecule has 0 aliphatic carbocycles. The first-order valence-corrected chi connectivity index (χ1v) is 4.70. The minimum absolute atomic E-state index is 0.125. The number of hydrogen-bond donors (Lipinski definition) is 4. The predicted molar refractivity (Wildman–Crippen MR) is 52.5 cm³/mol. The van der Waals surface area contributed by atoms with Crippen LogP contribution in [-0.2, 0) is 9.59 Å². The first-order valence-electron chi connectivity index (χ1n) is 4.70. The van der Waals surface area contributed by atoms with Crippen molar-refractivity contribution in [3.05, 3.63) is 0 Å². The van der Waals surface area contributed by atoms with Gasteiger partial charge < -0.3 is 20.4 Å². The van der Waals surface area contributed by atoms with E-state index >= 15 is 0 Å². The second-order valence-corrected chi connectivity index (χ2v) is 2.80. The summed E-state index contributed by atoms with van der Waals surface area (Å²) in [6.45, 7) is -0.250. The smallest absolute Gasteiger partial charge is 0.303 e. The zero-order valence-electron chi connectivity index (χ0n) is 8.56. The van der Waals surface area contributed by atoms with Gasteiger partial charge in [0.2, 0.25) is 0 Å². The van der Waals surface area contributed by atoms with Crippen molar-refractivity contribution in [2.24, 2.45) is 0 Å². The van der Waals surface area contributed by atoms with Crippen molar-refractivity contribution in [1.29, 1.82) is 0 Å². The second-order valence-electron chi connectivity index (χ2n) is 2.80. The molecule has 6 heteroatoms. The van der Waals surface area contributed by atoms with Crippen molar-refractivity contribution in [2.45, 2.75) is 32.1 Å². The molecule has 90 valence electrons. The lowest BCUT2D eigenvalue weighted by Crippen LogP contribution is -1.96. The summed E-state index contributed by atoms with van der Waals surface area (Å²) in [6.07, 6.45) is 2.10. The molecule has 0 heterocycles. The summed E-state index contributed by atoms with van der Waals surface area (Å²) in [7, 11) is 0. The topological polar surface area (TPSA) is 115 Å². The van der Waals surface area contributed by atoms with Gasteiger partial charge >= 0.3 is 11.9 Å². The molecular formula is C9H18O6. The summed E-state index contributed by atoms with van der Waals surface area (Å²) < 4.78 is 0. The summed E-state index contributed by atoms with van der Waals surface area (Å²) in [6, 6.07) is 0. The Labute approximate surface area is 88.2 Å². The number of carbonyl (C=O) groups is 2. The highest BCUT2D eigenvalue weighted by atomic mass is 16.4. The number of carboxylic acids is 2. The minimum Gasteiger partial charge on any atom is -0.481 e. The Morgan fingerprint density at radius 3 is 1.27 bits per heavy atom. The lowest BCUT2D eigenvalue weighted by atomic mass is 10.1. The van der Waals surface area contributed by atoms with Crippen LogP contribution in [0, 0.1) is 0 Å². The molecule has 0 unspecified atom stereocenters. The molecule has 0 saturated carbocycles. The van der Waals surface area contributed by atoms with Crippen molar-refractivity contribution in [1.82, 2.24) is 0 Å². The molecule has 6 nitrogen and oxygen atoms in total. The molecule has 0 atom stereocenters. The van der Waals surface area contributed by atoms with Crippen molar-refractivity contribution >= 4 is 11.9 Å². The molecule has 0 rings (SSSR count). The highest BCUT2D eigenvalue weighted by molar-refractivity contribution is 5.67. The van der Waals surface area contributed by atoms with Gasteiger partial charge in [-0.25, -0.2) is 0 Å². The second kappa shape index (κ2) is 12.9. The van der Waals surface area contributed by atoms with Crippen LogP contribution in [0.1, 0.15) is 32.1 Å². The van der Waals surface area contributed by atoms with Crippen LogP contribution >= 0.6 is 0 Å². The predicted octanol–water partition coefficient (Wildman–Crippen LogP) is 0.0771. The Kier molecular flexibility index (Phi) is 14.0. The molecule has 0 fully saturated rings. The van der Waals surface area contributed by atoms with Crippen LogP contribution < -0.4 is 0 Å². The third-order valence-corrected chi connectivity index (χ3v) is 1.38. The summed E-state index contributed by atoms with van der Waals surface area (Å²) >= 11 is 0. The molecule has 0 bridgehead atoms. The number of carboxylic acid groups (broad SMARTS) is 2. The van der Waals surface area contributed by atoms with Gasteiger partial charge in [-0.1, -0.05) is 6.42 Å². The van der Waals surface area contributed by atoms with Gasteiger partial charge in [0.05, 0.1) is 13.2 Å². The van der Waals surface area contributed by atoms with Gasteiger partial charge in [0.1, 0.15) is 0 Å². The van der Waals surface area contributed by atoms with E-state index in [0.717, 1.165) is 0 Å². The van der Waals surface area contributed by atoms with E-state index in [1.807, 2.05) is 0 Å². The molecule has 0 aliphatic rings. The van der Waals surface area contributed by atoms with E-state index < -0.39 is 11.9 Å². The molecule has 0 aromatic rings. The molecular weight excluding hydrogens is 204 g/mol. The monoisotopic (exact) mass is 222 g/mol. The summed E-state index contributed by atoms with van der Waals surface area (Å²) in [5.41, 5.74) is 0. The fourth-order valence-corrected chi connectivity index (χ4v) is 0.729. The van der Waals surface area contributed by atoms with Gasteiger partial charge in [-0.05, 0) is 12.8 Å². The first kappa shape index (κ1) is 16.3. The fraction of sp³-hybridized carbons (Fsp3) is 0.778. The van der Waals surface area contributed by atoms with Crippen molar-refractivity contribution in [3.8, 4) is 0 Å². The third kappa shape index (κ3) is 24.6. The van der Waals surface area contributed by atoms with Gasteiger partial charge in [0.25, 0.3) is 0 Å². The largest absolute Gasteiger partial charge is 0.481 e. The van der Waals surface area contributed by atoms with Crippen LogP contribution in [0.25, 0.3) is 0 Å². The molecule has 0 aromatic carbocycles. The summed E-state index contributed by atoms with van der Waals surface area (Å²) in [5.74, 6) is -1.64. The van der Waals surface area contributed by atoms with Gasteiger partial charge in [0, 0.05) is 12.8 Å². The average Bonchev–Trinajstić information content (AvgIpc) is 2.17. The van der Waals surface area contributed by atoms with E-state index in [4.69, 9.17) is 20.4 Å². The van der Waals surface area contributed by atoms with Gasteiger partial charge in [-0.2, -0.15) is 0 Å². The Bertz CT molecular complexity index is 150. The number of hydrogen-bond acceptors (Lipinski definition) is 4. The zero-order valence-corrected chi connectivity index (χ0v) is 8.56. The van der Waals surface area contributed by atoms with Crippen molar-refractivity contribution in [3.63, 3.8) is 0 Å². The van der Waals surface area contributed by atoms with Crippen LogP contribution in [0.15, 0.2) is 0 Å². The van der Waals surface area contributed by atoms with E-state index in [9.17, 15) is 9.59 Å². The highest BCUT2D eigenvalue weighted by Gasteiger charge is 1.98. The Hall–Kier alpha value is -1.14. The van der Waals surface area contributed by atoms with Crippen molar-refractivity contribution in [2.75, 3.05) is 13.2 Å². The number of rotatable bonds is 7. The summed E-state index contributed by atoms with van der Waals surface area (Å²) in [5, 5.41) is 31.7. The highest BCUT2D eigenvalue weighted by Crippen LogP contribution is 2.02. The van der Waals surface area contributed by atoms with E-state index in [1.54, 1.807) is 0 Å². The van der Waals surface area contributed by atoms with Crippen LogP contribution in [-0.4, -0.2) is 45.6 Å². The number of aliphatic hydroxyl groups is 2. The van der Waals surface area contributed by atoms with Crippen LogP contribution in [0.2, 0.25) is 0 Å². The number of unbranched alkanes of at least 4 members (excludes halogenated alkanes) is 2. The quantitative estimate of drug-likeness (QED) is 0.453. The fourth-order valence-electron chi connectivity index (χ4n) is 0.729. The lowest BCUT2D eigenvalue weighted by molar-refractivity contribution is -0.137. The Morgan fingerprint density at radius 2 is 1.07 bits per heavy atom. The Morgan fingerprint density at radius 1 is 0.733 bits per heavy atom. The molecule has 0 aromatic heterocycles. The molecule has 0 saturated heterocycles. The first-order chi connectivity index (χ1) is 7.04. The maximum absolute atomic E-state index is 9.98. The van der Waals surface area contributed by atoms with E-state index in [0.29, 0.717) is 19.3 Å². The standard InChI is InChI=1S/C7H12O4.C2H6O2/c8-6(9)4-2-1-3-5-7(10)11;3-1-2-4/h1-5H2,(H,8,9)(H,10,11);3-4H,1-2H2. The maximum atomic E-state index is 9.98. The van der Waals surface area contributed by atoms with E-state index in [1.165, 1.54) is 0 Å². The number of aliphatic hydroxyl groups excluding tert-OH is 2. The van der Waals surface area contributed by atoms with Crippen LogP contribution in [0.3, 0.4) is 0 Å². The molecule has 0 spiro atoms. The molecule has 4 N–H and O–H groups in total. The van der Waals surface area contributed by atoms with Gasteiger partial charge in [-0.3, -0.25) is 9.59 Å². The molecule has 15 heavy (non-hydrogen) atoms. The van der Waals surface area contributed by atoms with Crippen LogP contribution in [0.5, 0.6) is 0 Å². The lowest BCUT2D eigenvalue weighted by Gasteiger charge is -1.94. The zero-order chi connectivity index (χ0) is 12.1. The summed E-state index contributed by atoms with van der Waals surface area (Å²) in [4.78, 5) is 20.0. The van der Waals surface area contributed by atoms with Crippen molar-refractivity contribution < 1.29 is 30.0 Å². The minimum atomic E-state index is -0.819. The third-order valence-electron chi connectivity index (χ3n) is 1.38. The Balaban J connectivity index is 0. The maximum Gasteiger partial charge on any atom is 0.303 e. The van der Waals surface area contributed by atoms with Gasteiger partial charge in [-0.15, -0.1) is 0 Å². The SMILES string of the molecule is O=C(O)CCCCCC(=O)O.OCCO. The molecule has 0 aliphatic heterocycles. The van der Waals surface area contributed by atoms with Gasteiger partial charge in [0.15, 0.2) is 0 Å².